The molecule has 3 saturated heterocycles. The van der Waals surface area contributed by atoms with Crippen molar-refractivity contribution < 1.29 is 14.3 Å². The zero-order valence-corrected chi connectivity index (χ0v) is 20.5. The van der Waals surface area contributed by atoms with Crippen LogP contribution in [0.2, 0.25) is 0 Å². The normalized spacial score (nSPS) is 23.1. The summed E-state index contributed by atoms with van der Waals surface area (Å²) in [5.74, 6) is 8.46. The SMILES string of the molecule is COc1ccc(NC(=O)N2CCCN3CC[C@H](c4ccc(C#CC5CCOCC5)cc4)[C@@H]3C2)cc1. The number of carbonyl (C=O) groups excluding carboxylic acids is 1. The minimum Gasteiger partial charge on any atom is -0.497 e. The lowest BCUT2D eigenvalue weighted by Gasteiger charge is -2.30. The van der Waals surface area contributed by atoms with Gasteiger partial charge in [-0.1, -0.05) is 24.0 Å². The number of rotatable bonds is 3. The number of fused-ring (bicyclic) bond motifs is 1. The number of urea groups is 1. The molecule has 1 N–H and O–H groups in total. The van der Waals surface area contributed by atoms with Crippen LogP contribution in [0.3, 0.4) is 0 Å². The molecular formula is C29H35N3O3. The van der Waals surface area contributed by atoms with Gasteiger partial charge in [0.15, 0.2) is 0 Å². The van der Waals surface area contributed by atoms with Crippen molar-refractivity contribution in [3.63, 3.8) is 0 Å². The van der Waals surface area contributed by atoms with Crippen LogP contribution >= 0.6 is 0 Å². The molecule has 3 aliphatic rings. The highest BCUT2D eigenvalue weighted by Gasteiger charge is 2.38. The highest BCUT2D eigenvalue weighted by molar-refractivity contribution is 5.89. The van der Waals surface area contributed by atoms with E-state index in [2.05, 4.69) is 46.3 Å². The average Bonchev–Trinajstić information content (AvgIpc) is 3.18. The molecule has 0 radical (unpaired) electrons. The van der Waals surface area contributed by atoms with Crippen molar-refractivity contribution in [2.24, 2.45) is 5.92 Å². The Bertz CT molecular complexity index is 1050. The summed E-state index contributed by atoms with van der Waals surface area (Å²) < 4.78 is 10.6. The number of methoxy groups -OCH3 is 1. The first-order valence-electron chi connectivity index (χ1n) is 12.8. The first-order valence-corrected chi connectivity index (χ1v) is 12.8. The van der Waals surface area contributed by atoms with Crippen LogP contribution in [0.25, 0.3) is 0 Å². The van der Waals surface area contributed by atoms with Crippen LogP contribution in [-0.2, 0) is 4.74 Å². The molecule has 184 valence electrons. The Kier molecular flexibility index (Phi) is 7.56. The Morgan fingerprint density at radius 2 is 1.77 bits per heavy atom. The van der Waals surface area contributed by atoms with Crippen LogP contribution in [0.1, 0.15) is 42.7 Å². The topological polar surface area (TPSA) is 54.0 Å². The number of hydrogen-bond donors (Lipinski definition) is 1. The van der Waals surface area contributed by atoms with Crippen molar-refractivity contribution in [1.82, 2.24) is 9.80 Å². The van der Waals surface area contributed by atoms with Crippen LogP contribution in [-0.4, -0.2) is 68.4 Å². The molecule has 2 amide bonds. The van der Waals surface area contributed by atoms with E-state index in [0.717, 1.165) is 82.1 Å². The molecule has 3 heterocycles. The minimum absolute atomic E-state index is 0.0265. The highest BCUT2D eigenvalue weighted by atomic mass is 16.5. The highest BCUT2D eigenvalue weighted by Crippen LogP contribution is 2.35. The minimum atomic E-state index is -0.0265. The third-order valence-corrected chi connectivity index (χ3v) is 7.55. The molecule has 2 aromatic rings. The number of ether oxygens (including phenoxy) is 2. The Labute approximate surface area is 208 Å². The van der Waals surface area contributed by atoms with E-state index >= 15 is 0 Å². The van der Waals surface area contributed by atoms with Crippen molar-refractivity contribution in [2.75, 3.05) is 51.8 Å². The van der Waals surface area contributed by atoms with Gasteiger partial charge in [0, 0.05) is 62.0 Å². The second-order valence-electron chi connectivity index (χ2n) is 9.73. The van der Waals surface area contributed by atoms with Gasteiger partial charge in [-0.2, -0.15) is 0 Å². The quantitative estimate of drug-likeness (QED) is 0.664. The first kappa shape index (κ1) is 23.7. The summed E-state index contributed by atoms with van der Waals surface area (Å²) >= 11 is 0. The lowest BCUT2D eigenvalue weighted by atomic mass is 9.90. The molecule has 0 aromatic heterocycles. The van der Waals surface area contributed by atoms with Crippen LogP contribution in [0.15, 0.2) is 48.5 Å². The van der Waals surface area contributed by atoms with Crippen molar-refractivity contribution in [3.8, 4) is 17.6 Å². The molecule has 2 atom stereocenters. The molecule has 0 spiro atoms. The summed E-state index contributed by atoms with van der Waals surface area (Å²) in [4.78, 5) is 17.7. The second kappa shape index (κ2) is 11.2. The van der Waals surface area contributed by atoms with Crippen LogP contribution in [0.4, 0.5) is 10.5 Å². The lowest BCUT2D eigenvalue weighted by molar-refractivity contribution is 0.0807. The predicted octanol–water partition coefficient (Wildman–Crippen LogP) is 4.57. The summed E-state index contributed by atoms with van der Waals surface area (Å²) in [7, 11) is 1.64. The van der Waals surface area contributed by atoms with Crippen molar-refractivity contribution in [3.05, 3.63) is 59.7 Å². The van der Waals surface area contributed by atoms with E-state index < -0.39 is 0 Å². The van der Waals surface area contributed by atoms with Gasteiger partial charge in [-0.15, -0.1) is 0 Å². The van der Waals surface area contributed by atoms with E-state index in [4.69, 9.17) is 9.47 Å². The molecule has 0 unspecified atom stereocenters. The van der Waals surface area contributed by atoms with Gasteiger partial charge in [0.05, 0.1) is 7.11 Å². The molecule has 6 heteroatoms. The van der Waals surface area contributed by atoms with Gasteiger partial charge in [0.1, 0.15) is 5.75 Å². The van der Waals surface area contributed by atoms with Crippen molar-refractivity contribution in [1.29, 1.82) is 0 Å². The van der Waals surface area contributed by atoms with Crippen LogP contribution in [0, 0.1) is 17.8 Å². The largest absolute Gasteiger partial charge is 0.497 e. The molecule has 2 aromatic carbocycles. The zero-order chi connectivity index (χ0) is 24.0. The fraction of sp³-hybridized carbons (Fsp3) is 0.483. The maximum Gasteiger partial charge on any atom is 0.321 e. The third-order valence-electron chi connectivity index (χ3n) is 7.55. The van der Waals surface area contributed by atoms with Gasteiger partial charge in [-0.3, -0.25) is 4.90 Å². The van der Waals surface area contributed by atoms with Gasteiger partial charge in [0.2, 0.25) is 0 Å². The van der Waals surface area contributed by atoms with Gasteiger partial charge < -0.3 is 19.7 Å². The summed E-state index contributed by atoms with van der Waals surface area (Å²) in [6, 6.07) is 16.6. The maximum absolute atomic E-state index is 13.1. The van der Waals surface area contributed by atoms with Crippen molar-refractivity contribution in [2.45, 2.75) is 37.6 Å². The fourth-order valence-corrected chi connectivity index (χ4v) is 5.51. The fourth-order valence-electron chi connectivity index (χ4n) is 5.51. The van der Waals surface area contributed by atoms with E-state index in [1.807, 2.05) is 29.2 Å². The molecular weight excluding hydrogens is 438 g/mol. The number of nitrogens with one attached hydrogen (secondary N) is 1. The number of nitrogens with zero attached hydrogens (tertiary/aromatic N) is 2. The number of carbonyl (C=O) groups is 1. The maximum atomic E-state index is 13.1. The Morgan fingerprint density at radius 3 is 2.51 bits per heavy atom. The number of hydrogen-bond acceptors (Lipinski definition) is 4. The van der Waals surface area contributed by atoms with Gasteiger partial charge in [-0.05, 0) is 74.2 Å². The van der Waals surface area contributed by atoms with Crippen LogP contribution in [0.5, 0.6) is 5.75 Å². The Morgan fingerprint density at radius 1 is 1.00 bits per heavy atom. The van der Waals surface area contributed by atoms with Crippen molar-refractivity contribution >= 4 is 11.7 Å². The van der Waals surface area contributed by atoms with Crippen LogP contribution < -0.4 is 10.1 Å². The number of anilines is 1. The Hall–Kier alpha value is -3.01. The smallest absolute Gasteiger partial charge is 0.321 e. The van der Waals surface area contributed by atoms with Gasteiger partial charge >= 0.3 is 6.03 Å². The number of amides is 2. The zero-order valence-electron chi connectivity index (χ0n) is 20.5. The molecule has 0 bridgehead atoms. The molecule has 3 aliphatic heterocycles. The second-order valence-corrected chi connectivity index (χ2v) is 9.73. The third kappa shape index (κ3) is 5.80. The van der Waals surface area contributed by atoms with Gasteiger partial charge in [0.25, 0.3) is 0 Å². The monoisotopic (exact) mass is 473 g/mol. The lowest BCUT2D eigenvalue weighted by Crippen LogP contribution is -2.43. The molecule has 0 aliphatic carbocycles. The molecule has 35 heavy (non-hydrogen) atoms. The molecule has 6 nitrogen and oxygen atoms in total. The Balaban J connectivity index is 1.24. The molecule has 5 rings (SSSR count). The van der Waals surface area contributed by atoms with Gasteiger partial charge in [-0.25, -0.2) is 4.79 Å². The van der Waals surface area contributed by atoms with E-state index in [9.17, 15) is 4.79 Å². The predicted molar refractivity (Wildman–Crippen MR) is 138 cm³/mol. The van der Waals surface area contributed by atoms with E-state index in [1.165, 1.54) is 5.56 Å². The summed E-state index contributed by atoms with van der Waals surface area (Å²) in [6.45, 7) is 5.32. The number of benzene rings is 2. The van der Waals surface area contributed by atoms with E-state index in [-0.39, 0.29) is 6.03 Å². The van der Waals surface area contributed by atoms with E-state index in [1.54, 1.807) is 7.11 Å². The summed E-state index contributed by atoms with van der Waals surface area (Å²) in [5, 5.41) is 3.06. The standard InChI is InChI=1S/C29H35N3O3/c1-34-26-11-9-25(10-12-26)30-29(33)32-17-2-16-31-18-13-27(28(31)21-32)24-7-5-22(6-8-24)3-4-23-14-19-35-20-15-23/h5-12,23,27-28H,2,13-21H2,1H3,(H,30,33)/t27-,28+/m1/s1. The molecule has 0 saturated carbocycles. The van der Waals surface area contributed by atoms with E-state index in [0.29, 0.717) is 17.9 Å². The first-order chi connectivity index (χ1) is 17.2. The average molecular weight is 474 g/mol. The summed E-state index contributed by atoms with van der Waals surface area (Å²) in [5.41, 5.74) is 3.22. The summed E-state index contributed by atoms with van der Waals surface area (Å²) in [6.07, 6.45) is 4.20. The molecule has 3 fully saturated rings.